The summed E-state index contributed by atoms with van der Waals surface area (Å²) >= 11 is 0. The van der Waals surface area contributed by atoms with E-state index < -0.39 is 38.0 Å². The topological polar surface area (TPSA) is 130 Å². The lowest BCUT2D eigenvalue weighted by Gasteiger charge is -2.47. The van der Waals surface area contributed by atoms with Crippen LogP contribution in [0.1, 0.15) is 89.7 Å². The van der Waals surface area contributed by atoms with Crippen LogP contribution in [-0.4, -0.2) is 82.1 Å². The molecule has 11 nitrogen and oxygen atoms in total. The lowest BCUT2D eigenvalue weighted by molar-refractivity contribution is -0.206. The molecule has 3 heterocycles. The van der Waals surface area contributed by atoms with E-state index >= 15 is 0 Å². The molecule has 1 saturated carbocycles. The number of anilines is 1. The zero-order valence-corrected chi connectivity index (χ0v) is 29.4. The van der Waals surface area contributed by atoms with Crippen LogP contribution in [0, 0.1) is 0 Å². The number of imidazole rings is 1. The predicted octanol–water partition coefficient (Wildman–Crippen LogP) is 6.26. The Hall–Kier alpha value is -2.74. The largest absolute Gasteiger partial charge is 0.408 e. The molecule has 1 aliphatic carbocycles. The highest BCUT2D eigenvalue weighted by molar-refractivity contribution is 6.74. The van der Waals surface area contributed by atoms with E-state index in [4.69, 9.17) is 18.6 Å². The number of fused-ring (bicyclic) bond motifs is 1. The summed E-state index contributed by atoms with van der Waals surface area (Å²) in [6.07, 6.45) is 5.58. The highest BCUT2D eigenvalue weighted by Crippen LogP contribution is 2.60. The fourth-order valence-electron chi connectivity index (χ4n) is 5.94. The second-order valence-corrected chi connectivity index (χ2v) is 18.9. The third-order valence-electron chi connectivity index (χ3n) is 9.78. The van der Waals surface area contributed by atoms with E-state index in [1.54, 1.807) is 35.2 Å². The van der Waals surface area contributed by atoms with Gasteiger partial charge in [-0.2, -0.15) is 0 Å². The first-order chi connectivity index (χ1) is 21.9. The van der Waals surface area contributed by atoms with E-state index in [2.05, 4.69) is 68.0 Å². The number of nitrogens with one attached hydrogen (secondary N) is 1. The van der Waals surface area contributed by atoms with Crippen molar-refractivity contribution in [2.75, 3.05) is 25.1 Å². The maximum absolute atomic E-state index is 13.0. The molecule has 1 aromatic carbocycles. The highest BCUT2D eigenvalue weighted by Gasteiger charge is 2.73. The van der Waals surface area contributed by atoms with Gasteiger partial charge in [0.15, 0.2) is 37.1 Å². The minimum absolute atomic E-state index is 0.0277. The number of aromatic nitrogens is 4. The minimum Gasteiger partial charge on any atom is -0.408 e. The molecule has 0 spiro atoms. The maximum Gasteiger partial charge on any atom is 0.256 e. The molecule has 2 fully saturated rings. The van der Waals surface area contributed by atoms with Crippen molar-refractivity contribution in [3.05, 3.63) is 48.5 Å². The summed E-state index contributed by atoms with van der Waals surface area (Å²) in [5.41, 5.74) is -0.425. The number of ether oxygens (including phenoxy) is 3. The third kappa shape index (κ3) is 6.65. The van der Waals surface area contributed by atoms with Crippen molar-refractivity contribution in [3.8, 4) is 0 Å². The molecule has 2 aromatic heterocycles. The Labute approximate surface area is 273 Å². The molecule has 2 unspecified atom stereocenters. The number of carbonyl (C=O) groups excluding carboxylic acids is 1. The van der Waals surface area contributed by atoms with Gasteiger partial charge in [0.25, 0.3) is 5.91 Å². The van der Waals surface area contributed by atoms with Crippen LogP contribution in [0.5, 0.6) is 0 Å². The first kappa shape index (κ1) is 34.6. The van der Waals surface area contributed by atoms with E-state index in [9.17, 15) is 9.90 Å². The van der Waals surface area contributed by atoms with Crippen LogP contribution in [0.25, 0.3) is 11.2 Å². The van der Waals surface area contributed by atoms with Crippen LogP contribution < -0.4 is 5.32 Å². The lowest BCUT2D eigenvalue weighted by atomic mass is 9.87. The fraction of sp³-hybridized carbons (Fsp3) is 0.647. The van der Waals surface area contributed by atoms with Crippen molar-refractivity contribution in [1.82, 2.24) is 19.5 Å². The van der Waals surface area contributed by atoms with Crippen LogP contribution in [0.4, 0.5) is 5.82 Å². The minimum atomic E-state index is -2.27. The summed E-state index contributed by atoms with van der Waals surface area (Å²) < 4.78 is 29.0. The number of rotatable bonds is 15. The van der Waals surface area contributed by atoms with Gasteiger partial charge in [0, 0.05) is 18.8 Å². The van der Waals surface area contributed by atoms with Gasteiger partial charge in [0.2, 0.25) is 0 Å². The van der Waals surface area contributed by atoms with Gasteiger partial charge in [-0.15, -0.1) is 0 Å². The highest BCUT2D eigenvalue weighted by atomic mass is 28.4. The Morgan fingerprint density at radius 3 is 2.43 bits per heavy atom. The van der Waals surface area contributed by atoms with Gasteiger partial charge in [0.1, 0.15) is 18.5 Å². The van der Waals surface area contributed by atoms with E-state index in [-0.39, 0.29) is 23.4 Å². The number of nitrogens with zero attached hydrogens (tertiary/aromatic N) is 4. The van der Waals surface area contributed by atoms with Crippen LogP contribution in [0.2, 0.25) is 18.1 Å². The lowest BCUT2D eigenvalue weighted by Crippen LogP contribution is -2.62. The molecule has 3 aromatic rings. The first-order valence-electron chi connectivity index (χ1n) is 16.7. The van der Waals surface area contributed by atoms with E-state index in [0.717, 1.165) is 38.5 Å². The number of aliphatic hydroxyl groups is 1. The molecule has 1 amide bonds. The average molecular weight is 654 g/mol. The van der Waals surface area contributed by atoms with Crippen molar-refractivity contribution in [2.45, 2.75) is 121 Å². The molecule has 0 radical (unpaired) electrons. The van der Waals surface area contributed by atoms with Crippen LogP contribution in [0.3, 0.4) is 0 Å². The zero-order chi connectivity index (χ0) is 33.2. The number of amides is 1. The molecule has 0 bridgehead atoms. The zero-order valence-electron chi connectivity index (χ0n) is 28.4. The van der Waals surface area contributed by atoms with E-state index in [1.165, 1.54) is 6.33 Å². The third-order valence-corrected chi connectivity index (χ3v) is 14.3. The molecule has 2 N–H and O–H groups in total. The number of hydrogen-bond donors (Lipinski definition) is 2. The predicted molar refractivity (Wildman–Crippen MR) is 179 cm³/mol. The second kappa shape index (κ2) is 13.8. The van der Waals surface area contributed by atoms with Crippen molar-refractivity contribution >= 4 is 31.2 Å². The number of unbranched alkanes of at least 4 members (excludes halogenated alkanes) is 2. The summed E-state index contributed by atoms with van der Waals surface area (Å²) in [7, 11) is -2.27. The fourth-order valence-corrected chi connectivity index (χ4v) is 7.60. The number of benzene rings is 1. The SMILES string of the molecule is CCCCOC[C@@]1(C2(O[Si](C)(C)C(C)(C)C)CC2)O[C@@H](n2cnc3c(NC(=O)c4ccccc4)ncnc32)C(O)C1OCCCC. The van der Waals surface area contributed by atoms with E-state index in [0.29, 0.717) is 29.9 Å². The summed E-state index contributed by atoms with van der Waals surface area (Å²) in [5, 5.41) is 15.0. The van der Waals surface area contributed by atoms with Gasteiger partial charge in [-0.1, -0.05) is 65.7 Å². The molecule has 4 atom stereocenters. The van der Waals surface area contributed by atoms with Gasteiger partial charge in [-0.05, 0) is 55.9 Å². The normalized spacial score (nSPS) is 24.4. The first-order valence-corrected chi connectivity index (χ1v) is 19.6. The van der Waals surface area contributed by atoms with Gasteiger partial charge < -0.3 is 29.1 Å². The maximum atomic E-state index is 13.0. The summed E-state index contributed by atoms with van der Waals surface area (Å²) in [4.78, 5) is 26.4. The number of hydrogen-bond acceptors (Lipinski definition) is 9. The number of carbonyl (C=O) groups is 1. The molecule has 46 heavy (non-hydrogen) atoms. The Balaban J connectivity index is 1.53. The Bertz CT molecular complexity index is 1470. The smallest absolute Gasteiger partial charge is 0.256 e. The second-order valence-electron chi connectivity index (χ2n) is 14.2. The molecule has 12 heteroatoms. The summed E-state index contributed by atoms with van der Waals surface area (Å²) in [5.74, 6) is -0.0340. The van der Waals surface area contributed by atoms with Crippen LogP contribution in [0.15, 0.2) is 43.0 Å². The average Bonchev–Trinajstić information content (AvgIpc) is 3.57. The van der Waals surface area contributed by atoms with Gasteiger partial charge in [0.05, 0.1) is 18.5 Å². The molecule has 1 aliphatic heterocycles. The molecular formula is C34H51N5O6Si. The van der Waals surface area contributed by atoms with Crippen LogP contribution in [-0.2, 0) is 18.6 Å². The monoisotopic (exact) mass is 653 g/mol. The Morgan fingerprint density at radius 1 is 1.09 bits per heavy atom. The van der Waals surface area contributed by atoms with Crippen molar-refractivity contribution in [2.24, 2.45) is 0 Å². The van der Waals surface area contributed by atoms with Crippen molar-refractivity contribution < 1.29 is 28.5 Å². The molecule has 5 rings (SSSR count). The number of aliphatic hydroxyl groups excluding tert-OH is 1. The molecule has 1 saturated heterocycles. The van der Waals surface area contributed by atoms with Crippen molar-refractivity contribution in [1.29, 1.82) is 0 Å². The van der Waals surface area contributed by atoms with Gasteiger partial charge >= 0.3 is 0 Å². The summed E-state index contributed by atoms with van der Waals surface area (Å²) in [6, 6.07) is 8.92. The standard InChI is InChI=1S/C34H51N5O6Si/c1-8-10-19-42-21-34(33(17-18-33)45-46(6,7)32(3,4)5)27(43-20-11-9-2)26(40)31(44-34)39-23-37-25-28(35-22-36-29(25)39)38-30(41)24-15-13-12-14-16-24/h12-16,22-23,26-27,31,40H,8-11,17-21H2,1-7H3,(H,35,36,38,41)/t26?,27?,31-,34-/m1/s1. The molecule has 2 aliphatic rings. The Morgan fingerprint density at radius 2 is 1.78 bits per heavy atom. The van der Waals surface area contributed by atoms with E-state index in [1.807, 2.05) is 6.07 Å². The summed E-state index contributed by atoms with van der Waals surface area (Å²) in [6.45, 7) is 16.7. The molecular weight excluding hydrogens is 602 g/mol. The quantitative estimate of drug-likeness (QED) is 0.144. The molecule has 252 valence electrons. The van der Waals surface area contributed by atoms with Gasteiger partial charge in [-0.3, -0.25) is 9.36 Å². The van der Waals surface area contributed by atoms with Gasteiger partial charge in [-0.25, -0.2) is 15.0 Å². The van der Waals surface area contributed by atoms with Crippen molar-refractivity contribution in [3.63, 3.8) is 0 Å². The van der Waals surface area contributed by atoms with Crippen LogP contribution >= 0.6 is 0 Å². The Kier molecular flexibility index (Phi) is 10.4.